The molecule has 0 atom stereocenters. The number of thiophene rings is 1. The van der Waals surface area contributed by atoms with Crippen molar-refractivity contribution in [2.75, 3.05) is 5.32 Å². The van der Waals surface area contributed by atoms with Crippen LogP contribution in [0.15, 0.2) is 47.3 Å². The van der Waals surface area contributed by atoms with Gasteiger partial charge in [-0.25, -0.2) is 0 Å². The Morgan fingerprint density at radius 1 is 1.22 bits per heavy atom. The monoisotopic (exact) mass is 321 g/mol. The van der Waals surface area contributed by atoms with Crippen molar-refractivity contribution in [1.29, 1.82) is 5.26 Å². The van der Waals surface area contributed by atoms with E-state index in [0.717, 1.165) is 28.1 Å². The fraction of sp³-hybridized carbons (Fsp3) is 0.222. The van der Waals surface area contributed by atoms with E-state index in [1.165, 1.54) is 24.2 Å². The Morgan fingerprint density at radius 2 is 2.00 bits per heavy atom. The maximum Gasteiger partial charge on any atom is 0.251 e. The molecule has 4 nitrogen and oxygen atoms in total. The molecule has 1 N–H and O–H groups in total. The lowest BCUT2D eigenvalue weighted by Crippen LogP contribution is -2.19. The minimum absolute atomic E-state index is 0.0152. The molecule has 2 heterocycles. The van der Waals surface area contributed by atoms with Gasteiger partial charge in [0.05, 0.1) is 5.69 Å². The van der Waals surface area contributed by atoms with Crippen LogP contribution in [-0.2, 0) is 6.54 Å². The largest absolute Gasteiger partial charge is 0.353 e. The second-order valence-corrected chi connectivity index (χ2v) is 6.85. The zero-order valence-electron chi connectivity index (χ0n) is 12.5. The second kappa shape index (κ2) is 5.56. The number of nitrogens with one attached hydrogen (secondary N) is 1. The molecule has 2 aromatic heterocycles. The molecule has 0 unspecified atom stereocenters. The summed E-state index contributed by atoms with van der Waals surface area (Å²) in [4.78, 5) is 13.7. The van der Waals surface area contributed by atoms with Gasteiger partial charge < -0.3 is 5.32 Å². The van der Waals surface area contributed by atoms with Crippen LogP contribution in [0.2, 0.25) is 0 Å². The van der Waals surface area contributed by atoms with Gasteiger partial charge in [0.1, 0.15) is 15.8 Å². The molecule has 114 valence electrons. The van der Waals surface area contributed by atoms with Crippen LogP contribution in [0.5, 0.6) is 0 Å². The van der Waals surface area contributed by atoms with Crippen molar-refractivity contribution in [3.8, 4) is 6.07 Å². The van der Waals surface area contributed by atoms with Crippen LogP contribution in [0, 0.1) is 17.2 Å². The lowest BCUT2D eigenvalue weighted by molar-refractivity contribution is 0.630. The van der Waals surface area contributed by atoms with E-state index < -0.39 is 0 Å². The predicted molar refractivity (Wildman–Crippen MR) is 93.2 cm³/mol. The Labute approximate surface area is 137 Å². The van der Waals surface area contributed by atoms with Gasteiger partial charge in [0, 0.05) is 23.7 Å². The van der Waals surface area contributed by atoms with Crippen molar-refractivity contribution in [3.63, 3.8) is 0 Å². The number of hydrogen-bond acceptors (Lipinski definition) is 4. The first kappa shape index (κ1) is 14.0. The summed E-state index contributed by atoms with van der Waals surface area (Å²) in [6.07, 6.45) is 2.38. The zero-order valence-corrected chi connectivity index (χ0v) is 13.3. The Hall–Kier alpha value is -2.58. The average Bonchev–Trinajstić information content (AvgIpc) is 3.33. The Morgan fingerprint density at radius 3 is 2.70 bits per heavy atom. The molecule has 1 fully saturated rings. The lowest BCUT2D eigenvalue weighted by Gasteiger charge is -2.08. The molecule has 0 bridgehead atoms. The first-order valence-electron chi connectivity index (χ1n) is 7.65. The Kier molecular flexibility index (Phi) is 3.40. The van der Waals surface area contributed by atoms with Crippen molar-refractivity contribution in [2.24, 2.45) is 5.92 Å². The SMILES string of the molecule is N#Cc1sc2c(ccc(=O)n2CC2CC2)c1Nc1ccccc1. The standard InChI is InChI=1S/C18H15N3OS/c19-10-15-17(20-13-4-2-1-3-5-13)14-8-9-16(22)21(18(14)23-15)11-12-6-7-12/h1-5,8-9,12,20H,6-7,11H2. The molecular weight excluding hydrogens is 306 g/mol. The van der Waals surface area contributed by atoms with Crippen LogP contribution in [0.1, 0.15) is 17.7 Å². The van der Waals surface area contributed by atoms with Gasteiger partial charge in [-0.15, -0.1) is 11.3 Å². The summed E-state index contributed by atoms with van der Waals surface area (Å²) in [7, 11) is 0. The van der Waals surface area contributed by atoms with E-state index in [1.807, 2.05) is 41.0 Å². The molecule has 0 amide bonds. The molecule has 1 saturated carbocycles. The first-order valence-corrected chi connectivity index (χ1v) is 8.46. The molecule has 1 aliphatic carbocycles. The highest BCUT2D eigenvalue weighted by Crippen LogP contribution is 2.38. The van der Waals surface area contributed by atoms with Gasteiger partial charge in [-0.05, 0) is 37.0 Å². The summed E-state index contributed by atoms with van der Waals surface area (Å²) in [6.45, 7) is 0.756. The van der Waals surface area contributed by atoms with E-state index in [-0.39, 0.29) is 5.56 Å². The Balaban J connectivity index is 1.86. The molecule has 4 rings (SSSR count). The number of aromatic nitrogens is 1. The third kappa shape index (κ3) is 2.62. The smallest absolute Gasteiger partial charge is 0.251 e. The van der Waals surface area contributed by atoms with E-state index in [9.17, 15) is 10.1 Å². The van der Waals surface area contributed by atoms with Crippen LogP contribution in [0.3, 0.4) is 0 Å². The van der Waals surface area contributed by atoms with Gasteiger partial charge >= 0.3 is 0 Å². The molecule has 1 aliphatic rings. The average molecular weight is 321 g/mol. The van der Waals surface area contributed by atoms with Crippen molar-refractivity contribution in [2.45, 2.75) is 19.4 Å². The predicted octanol–water partition coefficient (Wildman–Crippen LogP) is 4.09. The van der Waals surface area contributed by atoms with E-state index >= 15 is 0 Å². The van der Waals surface area contributed by atoms with Gasteiger partial charge in [0.15, 0.2) is 0 Å². The van der Waals surface area contributed by atoms with Gasteiger partial charge in [0.2, 0.25) is 0 Å². The van der Waals surface area contributed by atoms with Gasteiger partial charge in [0.25, 0.3) is 5.56 Å². The first-order chi connectivity index (χ1) is 11.3. The van der Waals surface area contributed by atoms with Crippen LogP contribution in [0.4, 0.5) is 11.4 Å². The highest BCUT2D eigenvalue weighted by atomic mass is 32.1. The van der Waals surface area contributed by atoms with Crippen LogP contribution < -0.4 is 10.9 Å². The molecule has 0 spiro atoms. The van der Waals surface area contributed by atoms with E-state index in [0.29, 0.717) is 10.8 Å². The normalized spacial score (nSPS) is 13.9. The molecule has 23 heavy (non-hydrogen) atoms. The van der Waals surface area contributed by atoms with Gasteiger partial charge in [-0.1, -0.05) is 18.2 Å². The molecule has 0 aliphatic heterocycles. The van der Waals surface area contributed by atoms with Crippen molar-refractivity contribution < 1.29 is 0 Å². The molecule has 5 heteroatoms. The Bertz CT molecular complexity index is 962. The minimum Gasteiger partial charge on any atom is -0.353 e. The second-order valence-electron chi connectivity index (χ2n) is 5.85. The number of anilines is 2. The van der Waals surface area contributed by atoms with Gasteiger partial charge in [-0.3, -0.25) is 9.36 Å². The zero-order chi connectivity index (χ0) is 15.8. The molecule has 1 aromatic carbocycles. The third-order valence-electron chi connectivity index (χ3n) is 4.11. The molecule has 0 radical (unpaired) electrons. The third-order valence-corrected chi connectivity index (χ3v) is 5.24. The number of nitriles is 1. The summed E-state index contributed by atoms with van der Waals surface area (Å²) in [5, 5.41) is 13.8. The molecular formula is C18H15N3OS. The maximum absolute atomic E-state index is 12.2. The summed E-state index contributed by atoms with van der Waals surface area (Å²) < 4.78 is 1.83. The summed E-state index contributed by atoms with van der Waals surface area (Å²) >= 11 is 1.39. The highest BCUT2D eigenvalue weighted by Gasteiger charge is 2.24. The van der Waals surface area contributed by atoms with Crippen LogP contribution >= 0.6 is 11.3 Å². The van der Waals surface area contributed by atoms with Gasteiger partial charge in [-0.2, -0.15) is 5.26 Å². The van der Waals surface area contributed by atoms with E-state index in [2.05, 4.69) is 11.4 Å². The number of fused-ring (bicyclic) bond motifs is 1. The number of pyridine rings is 1. The fourth-order valence-electron chi connectivity index (χ4n) is 2.73. The number of para-hydroxylation sites is 1. The van der Waals surface area contributed by atoms with E-state index in [4.69, 9.17) is 0 Å². The number of nitrogens with zero attached hydrogens (tertiary/aromatic N) is 2. The lowest BCUT2D eigenvalue weighted by atomic mass is 10.2. The van der Waals surface area contributed by atoms with Crippen LogP contribution in [-0.4, -0.2) is 4.57 Å². The van der Waals surface area contributed by atoms with Crippen molar-refractivity contribution in [1.82, 2.24) is 4.57 Å². The van der Waals surface area contributed by atoms with Crippen molar-refractivity contribution >= 4 is 32.9 Å². The summed E-state index contributed by atoms with van der Waals surface area (Å²) in [5.41, 5.74) is 1.74. The summed E-state index contributed by atoms with van der Waals surface area (Å²) in [6, 6.07) is 15.5. The summed E-state index contributed by atoms with van der Waals surface area (Å²) in [5.74, 6) is 0.608. The number of rotatable bonds is 4. The van der Waals surface area contributed by atoms with Crippen molar-refractivity contribution in [3.05, 3.63) is 57.7 Å². The number of benzene rings is 1. The highest BCUT2D eigenvalue weighted by molar-refractivity contribution is 7.19. The molecule has 3 aromatic rings. The van der Waals surface area contributed by atoms with Crippen LogP contribution in [0.25, 0.3) is 10.2 Å². The minimum atomic E-state index is 0.0152. The quantitative estimate of drug-likeness (QED) is 0.787. The number of hydrogen-bond donors (Lipinski definition) is 1. The fourth-order valence-corrected chi connectivity index (χ4v) is 3.79. The molecule has 0 saturated heterocycles. The van der Waals surface area contributed by atoms with E-state index in [1.54, 1.807) is 6.07 Å². The topological polar surface area (TPSA) is 57.8 Å². The maximum atomic E-state index is 12.2.